The number of carbonyl (C=O) groups excluding carboxylic acids is 1. The summed E-state index contributed by atoms with van der Waals surface area (Å²) in [6.07, 6.45) is 5.02. The molecule has 0 aliphatic heterocycles. The van der Waals surface area contributed by atoms with Gasteiger partial charge in [0.15, 0.2) is 0 Å². The molecule has 1 saturated carbocycles. The average Bonchev–Trinajstić information content (AvgIpc) is 3.05. The van der Waals surface area contributed by atoms with Crippen molar-refractivity contribution in [2.75, 3.05) is 20.3 Å². The smallest absolute Gasteiger partial charge is 0.241 e. The Bertz CT molecular complexity index is 428. The first-order valence-corrected chi connectivity index (χ1v) is 6.52. The number of rotatable bonds is 8. The third kappa shape index (κ3) is 4.00. The Labute approximate surface area is 112 Å². The normalized spacial score (nSPS) is 16.3. The van der Waals surface area contributed by atoms with Crippen LogP contribution >= 0.6 is 0 Å². The second kappa shape index (κ2) is 6.12. The van der Waals surface area contributed by atoms with E-state index in [-0.39, 0.29) is 17.9 Å². The van der Waals surface area contributed by atoms with Gasteiger partial charge in [-0.1, -0.05) is 5.21 Å². The summed E-state index contributed by atoms with van der Waals surface area (Å²) in [5.74, 6) is -0.0443. The van der Waals surface area contributed by atoms with Gasteiger partial charge in [-0.05, 0) is 24.7 Å². The molecular formula is C12H21N5O2. The number of carbonyl (C=O) groups is 1. The van der Waals surface area contributed by atoms with Crippen LogP contribution in [0, 0.1) is 5.41 Å². The summed E-state index contributed by atoms with van der Waals surface area (Å²) < 4.78 is 6.59. The lowest BCUT2D eigenvalue weighted by atomic mass is 10.0. The first kappa shape index (κ1) is 14.0. The zero-order chi connectivity index (χ0) is 13.7. The van der Waals surface area contributed by atoms with Crippen molar-refractivity contribution in [2.24, 2.45) is 11.1 Å². The fourth-order valence-electron chi connectivity index (χ4n) is 2.01. The molecule has 1 aromatic heterocycles. The minimum atomic E-state index is -0.0443. The van der Waals surface area contributed by atoms with Gasteiger partial charge < -0.3 is 15.8 Å². The van der Waals surface area contributed by atoms with Gasteiger partial charge in [0.25, 0.3) is 0 Å². The Hall–Kier alpha value is -1.47. The van der Waals surface area contributed by atoms with E-state index in [4.69, 9.17) is 10.5 Å². The first-order chi connectivity index (χ1) is 9.17. The molecular weight excluding hydrogens is 246 g/mol. The van der Waals surface area contributed by atoms with E-state index >= 15 is 0 Å². The highest BCUT2D eigenvalue weighted by Gasteiger charge is 2.42. The van der Waals surface area contributed by atoms with Crippen LogP contribution in [0.5, 0.6) is 0 Å². The number of methoxy groups -OCH3 is 1. The van der Waals surface area contributed by atoms with Gasteiger partial charge >= 0.3 is 0 Å². The van der Waals surface area contributed by atoms with Crippen molar-refractivity contribution in [1.29, 1.82) is 0 Å². The van der Waals surface area contributed by atoms with Crippen LogP contribution in [0.1, 0.15) is 25.0 Å². The quantitative estimate of drug-likeness (QED) is 0.672. The van der Waals surface area contributed by atoms with Crippen LogP contribution in [0.4, 0.5) is 0 Å². The van der Waals surface area contributed by atoms with Crippen LogP contribution in [0.3, 0.4) is 0 Å². The molecule has 1 heterocycles. The summed E-state index contributed by atoms with van der Waals surface area (Å²) in [7, 11) is 1.70. The lowest BCUT2D eigenvalue weighted by molar-refractivity contribution is -0.122. The number of nitrogens with zero attached hydrogens (tertiary/aromatic N) is 3. The molecule has 0 atom stereocenters. The van der Waals surface area contributed by atoms with Crippen LogP contribution in [0.2, 0.25) is 0 Å². The average molecular weight is 267 g/mol. The number of ether oxygens (including phenoxy) is 1. The molecule has 7 nitrogen and oxygen atoms in total. The molecule has 1 fully saturated rings. The van der Waals surface area contributed by atoms with Crippen LogP contribution < -0.4 is 11.1 Å². The molecule has 2 rings (SSSR count). The zero-order valence-corrected chi connectivity index (χ0v) is 11.3. The molecule has 0 spiro atoms. The lowest BCUT2D eigenvalue weighted by Gasteiger charge is -2.15. The molecule has 106 valence electrons. The van der Waals surface area contributed by atoms with E-state index < -0.39 is 0 Å². The molecule has 1 aliphatic rings. The van der Waals surface area contributed by atoms with Gasteiger partial charge in [-0.3, -0.25) is 4.79 Å². The number of hydrogen-bond donors (Lipinski definition) is 2. The van der Waals surface area contributed by atoms with Crippen molar-refractivity contribution >= 4 is 5.91 Å². The van der Waals surface area contributed by atoms with Gasteiger partial charge in [0.05, 0.1) is 11.9 Å². The van der Waals surface area contributed by atoms with Crippen molar-refractivity contribution in [2.45, 2.75) is 32.4 Å². The maximum atomic E-state index is 11.8. The van der Waals surface area contributed by atoms with Crippen LogP contribution in [-0.4, -0.2) is 41.2 Å². The van der Waals surface area contributed by atoms with Crippen molar-refractivity contribution < 1.29 is 9.53 Å². The van der Waals surface area contributed by atoms with Gasteiger partial charge in [0.2, 0.25) is 5.91 Å². The standard InChI is InChI=1S/C12H21N5O2/c1-19-5-4-12(2-3-12)9-14-11(18)8-17-7-10(6-13)15-16-17/h7H,2-6,8-9,13H2,1H3,(H,14,18). The minimum absolute atomic E-state index is 0.0443. The summed E-state index contributed by atoms with van der Waals surface area (Å²) in [5.41, 5.74) is 6.38. The van der Waals surface area contributed by atoms with E-state index in [0.29, 0.717) is 18.8 Å². The Morgan fingerprint density at radius 2 is 2.42 bits per heavy atom. The van der Waals surface area contributed by atoms with Crippen molar-refractivity contribution in [3.05, 3.63) is 11.9 Å². The fourth-order valence-corrected chi connectivity index (χ4v) is 2.01. The van der Waals surface area contributed by atoms with Gasteiger partial charge in [-0.2, -0.15) is 0 Å². The third-order valence-corrected chi connectivity index (χ3v) is 3.56. The summed E-state index contributed by atoms with van der Waals surface area (Å²) in [4.78, 5) is 11.8. The maximum absolute atomic E-state index is 11.8. The number of aromatic nitrogens is 3. The lowest BCUT2D eigenvalue weighted by Crippen LogP contribution is -2.33. The van der Waals surface area contributed by atoms with Crippen molar-refractivity contribution in [3.63, 3.8) is 0 Å². The van der Waals surface area contributed by atoms with Gasteiger partial charge in [0.1, 0.15) is 6.54 Å². The molecule has 1 aromatic rings. The molecule has 7 heteroatoms. The fraction of sp³-hybridized carbons (Fsp3) is 0.750. The first-order valence-electron chi connectivity index (χ1n) is 6.52. The van der Waals surface area contributed by atoms with E-state index in [1.807, 2.05) is 0 Å². The van der Waals surface area contributed by atoms with Gasteiger partial charge in [-0.15, -0.1) is 5.10 Å². The monoisotopic (exact) mass is 267 g/mol. The SMILES string of the molecule is COCCC1(CNC(=O)Cn2cc(CN)nn2)CC1. The molecule has 3 N–H and O–H groups in total. The maximum Gasteiger partial charge on any atom is 0.241 e. The van der Waals surface area contributed by atoms with Crippen LogP contribution in [0.25, 0.3) is 0 Å². The van der Waals surface area contributed by atoms with Crippen LogP contribution in [-0.2, 0) is 22.6 Å². The molecule has 1 aliphatic carbocycles. The van der Waals surface area contributed by atoms with E-state index in [1.165, 1.54) is 4.68 Å². The number of nitrogens with one attached hydrogen (secondary N) is 1. The molecule has 1 amide bonds. The second-order valence-electron chi connectivity index (χ2n) is 5.13. The highest BCUT2D eigenvalue weighted by atomic mass is 16.5. The Balaban J connectivity index is 1.72. The second-order valence-corrected chi connectivity index (χ2v) is 5.13. The van der Waals surface area contributed by atoms with E-state index in [9.17, 15) is 4.79 Å². The summed E-state index contributed by atoms with van der Waals surface area (Å²) >= 11 is 0. The molecule has 0 radical (unpaired) electrons. The summed E-state index contributed by atoms with van der Waals surface area (Å²) in [6.45, 7) is 1.99. The topological polar surface area (TPSA) is 95.1 Å². The highest BCUT2D eigenvalue weighted by Crippen LogP contribution is 2.48. The summed E-state index contributed by atoms with van der Waals surface area (Å²) in [5, 5.41) is 10.6. The molecule has 19 heavy (non-hydrogen) atoms. The van der Waals surface area contributed by atoms with Crippen molar-refractivity contribution in [1.82, 2.24) is 20.3 Å². The van der Waals surface area contributed by atoms with Crippen LogP contribution in [0.15, 0.2) is 6.20 Å². The number of nitrogens with two attached hydrogens (primary N) is 1. The van der Waals surface area contributed by atoms with E-state index in [1.54, 1.807) is 13.3 Å². The van der Waals surface area contributed by atoms with E-state index in [0.717, 1.165) is 25.9 Å². The molecule has 0 bridgehead atoms. The third-order valence-electron chi connectivity index (χ3n) is 3.56. The predicted octanol–water partition coefficient (Wildman–Crippen LogP) is -0.330. The molecule has 0 aromatic carbocycles. The predicted molar refractivity (Wildman–Crippen MR) is 69.1 cm³/mol. The Morgan fingerprint density at radius 3 is 3.00 bits per heavy atom. The summed E-state index contributed by atoms with van der Waals surface area (Å²) in [6, 6.07) is 0. The highest BCUT2D eigenvalue weighted by molar-refractivity contribution is 5.75. The number of amides is 1. The van der Waals surface area contributed by atoms with Gasteiger partial charge in [-0.25, -0.2) is 4.68 Å². The largest absolute Gasteiger partial charge is 0.385 e. The molecule has 0 unspecified atom stereocenters. The number of hydrogen-bond acceptors (Lipinski definition) is 5. The Morgan fingerprint density at radius 1 is 1.63 bits per heavy atom. The minimum Gasteiger partial charge on any atom is -0.385 e. The molecule has 0 saturated heterocycles. The van der Waals surface area contributed by atoms with E-state index in [2.05, 4.69) is 15.6 Å². The zero-order valence-electron chi connectivity index (χ0n) is 11.3. The van der Waals surface area contributed by atoms with Crippen molar-refractivity contribution in [3.8, 4) is 0 Å². The van der Waals surface area contributed by atoms with Gasteiger partial charge in [0, 0.05) is 26.8 Å². The Kier molecular flexibility index (Phi) is 4.49.